The molecule has 0 radical (unpaired) electrons. The van der Waals surface area contributed by atoms with Crippen LogP contribution in [0.4, 0.5) is 0 Å². The molecule has 1 atom stereocenters. The van der Waals surface area contributed by atoms with Crippen molar-refractivity contribution in [3.05, 3.63) is 0 Å². The molecule has 0 aromatic carbocycles. The molecule has 0 spiro atoms. The van der Waals surface area contributed by atoms with Crippen LogP contribution >= 0.6 is 11.8 Å². The van der Waals surface area contributed by atoms with Crippen molar-refractivity contribution in [2.45, 2.75) is 45.7 Å². The lowest BCUT2D eigenvalue weighted by molar-refractivity contribution is -0.122. The van der Waals surface area contributed by atoms with Crippen molar-refractivity contribution in [3.63, 3.8) is 0 Å². The van der Waals surface area contributed by atoms with Crippen LogP contribution in [0.15, 0.2) is 4.99 Å². The summed E-state index contributed by atoms with van der Waals surface area (Å²) in [5, 5.41) is 7.09. The number of aliphatic imine (C=N–C) groups is 1. The standard InChI is InChI=1S/C12H21N3OS/c1-8(10(16)15-9-4-5-9)14-11-13-6-12(2,3)7-17-11/h8-9H,4-7H2,1-3H3,(H,13,14)(H,15,16). The van der Waals surface area contributed by atoms with Crippen LogP contribution in [0.1, 0.15) is 33.6 Å². The van der Waals surface area contributed by atoms with Gasteiger partial charge in [-0.05, 0) is 25.2 Å². The van der Waals surface area contributed by atoms with Crippen LogP contribution in [-0.4, -0.2) is 35.5 Å². The zero-order valence-corrected chi connectivity index (χ0v) is 11.6. The lowest BCUT2D eigenvalue weighted by Gasteiger charge is -2.28. The van der Waals surface area contributed by atoms with E-state index in [1.165, 1.54) is 0 Å². The SMILES string of the molecule is CC(NC1=NCC(C)(C)CS1)C(=O)NC1CC1. The number of carbonyl (C=O) groups is 1. The number of nitrogens with one attached hydrogen (secondary N) is 2. The van der Waals surface area contributed by atoms with Crippen LogP contribution in [0.2, 0.25) is 0 Å². The van der Waals surface area contributed by atoms with Gasteiger partial charge in [0.25, 0.3) is 0 Å². The minimum atomic E-state index is -0.192. The summed E-state index contributed by atoms with van der Waals surface area (Å²) < 4.78 is 0. The Morgan fingerprint density at radius 3 is 2.76 bits per heavy atom. The van der Waals surface area contributed by atoms with E-state index in [0.29, 0.717) is 6.04 Å². The van der Waals surface area contributed by atoms with Crippen LogP contribution in [0, 0.1) is 5.41 Å². The third-order valence-corrected chi connectivity index (χ3v) is 4.35. The molecule has 0 aromatic rings. The minimum absolute atomic E-state index is 0.0839. The number of rotatable bonds is 3. The molecule has 4 nitrogen and oxygen atoms in total. The molecule has 17 heavy (non-hydrogen) atoms. The molecule has 1 saturated carbocycles. The first-order chi connectivity index (χ1) is 7.96. The Bertz CT molecular complexity index is 337. The summed E-state index contributed by atoms with van der Waals surface area (Å²) in [6, 6.07) is 0.231. The molecule has 1 aliphatic carbocycles. The molecule has 2 aliphatic rings. The summed E-state index contributed by atoms with van der Waals surface area (Å²) >= 11 is 1.71. The fraction of sp³-hybridized carbons (Fsp3) is 0.833. The first-order valence-electron chi connectivity index (χ1n) is 6.20. The van der Waals surface area contributed by atoms with Gasteiger partial charge in [-0.3, -0.25) is 9.79 Å². The van der Waals surface area contributed by atoms with Crippen LogP contribution in [0.5, 0.6) is 0 Å². The molecule has 1 amide bonds. The van der Waals surface area contributed by atoms with Gasteiger partial charge in [0.15, 0.2) is 5.17 Å². The van der Waals surface area contributed by atoms with E-state index in [0.717, 1.165) is 30.3 Å². The second-order valence-corrected chi connectivity index (χ2v) is 6.69. The molecule has 2 N–H and O–H groups in total. The van der Waals surface area contributed by atoms with E-state index >= 15 is 0 Å². The number of thioether (sulfide) groups is 1. The number of carbonyl (C=O) groups excluding carboxylic acids is 1. The van der Waals surface area contributed by atoms with Crippen molar-refractivity contribution in [2.24, 2.45) is 10.4 Å². The lowest BCUT2D eigenvalue weighted by Crippen LogP contribution is -2.46. The topological polar surface area (TPSA) is 53.5 Å². The Morgan fingerprint density at radius 1 is 1.53 bits per heavy atom. The molecular formula is C12H21N3OS. The maximum Gasteiger partial charge on any atom is 0.242 e. The number of nitrogens with zero attached hydrogens (tertiary/aromatic N) is 1. The normalized spacial score (nSPS) is 24.8. The molecular weight excluding hydrogens is 234 g/mol. The van der Waals surface area contributed by atoms with Gasteiger partial charge in [0, 0.05) is 18.3 Å². The molecule has 1 fully saturated rings. The summed E-state index contributed by atoms with van der Waals surface area (Å²) in [5.74, 6) is 1.14. The Hall–Kier alpha value is -0.710. The van der Waals surface area contributed by atoms with Gasteiger partial charge in [-0.2, -0.15) is 0 Å². The number of hydrogen-bond acceptors (Lipinski definition) is 4. The molecule has 2 rings (SSSR count). The molecule has 1 unspecified atom stereocenters. The zero-order chi connectivity index (χ0) is 12.5. The second kappa shape index (κ2) is 4.88. The minimum Gasteiger partial charge on any atom is -0.353 e. The van der Waals surface area contributed by atoms with Gasteiger partial charge < -0.3 is 10.6 Å². The predicted octanol–water partition coefficient (Wildman–Crippen LogP) is 1.37. The van der Waals surface area contributed by atoms with E-state index in [4.69, 9.17) is 0 Å². The highest BCUT2D eigenvalue weighted by Crippen LogP contribution is 2.27. The molecule has 0 aromatic heterocycles. The van der Waals surface area contributed by atoms with Crippen LogP contribution in [0.3, 0.4) is 0 Å². The first kappa shape index (κ1) is 12.7. The Kier molecular flexibility index (Phi) is 3.66. The van der Waals surface area contributed by atoms with Gasteiger partial charge >= 0.3 is 0 Å². The van der Waals surface area contributed by atoms with E-state index in [9.17, 15) is 4.79 Å². The van der Waals surface area contributed by atoms with E-state index in [1.807, 2.05) is 6.92 Å². The Balaban J connectivity index is 1.80. The van der Waals surface area contributed by atoms with Crippen LogP contribution in [-0.2, 0) is 4.79 Å². The number of hydrogen-bond donors (Lipinski definition) is 2. The Morgan fingerprint density at radius 2 is 2.24 bits per heavy atom. The van der Waals surface area contributed by atoms with Gasteiger partial charge in [-0.15, -0.1) is 0 Å². The number of amides is 1. The lowest BCUT2D eigenvalue weighted by atomic mass is 9.97. The monoisotopic (exact) mass is 255 g/mol. The maximum atomic E-state index is 11.8. The first-order valence-corrected chi connectivity index (χ1v) is 7.19. The van der Waals surface area contributed by atoms with Gasteiger partial charge in [-0.1, -0.05) is 25.6 Å². The highest BCUT2D eigenvalue weighted by Gasteiger charge is 2.27. The van der Waals surface area contributed by atoms with Gasteiger partial charge in [-0.25, -0.2) is 0 Å². The van der Waals surface area contributed by atoms with Crippen molar-refractivity contribution in [3.8, 4) is 0 Å². The van der Waals surface area contributed by atoms with Crippen molar-refractivity contribution in [1.82, 2.24) is 10.6 Å². The molecule has 0 saturated heterocycles. The van der Waals surface area contributed by atoms with E-state index in [2.05, 4.69) is 29.5 Å². The van der Waals surface area contributed by atoms with Crippen LogP contribution in [0.25, 0.3) is 0 Å². The van der Waals surface area contributed by atoms with Gasteiger partial charge in [0.2, 0.25) is 5.91 Å². The highest BCUT2D eigenvalue weighted by molar-refractivity contribution is 8.13. The fourth-order valence-electron chi connectivity index (χ4n) is 1.53. The largest absolute Gasteiger partial charge is 0.353 e. The maximum absolute atomic E-state index is 11.8. The van der Waals surface area contributed by atoms with E-state index < -0.39 is 0 Å². The molecule has 1 heterocycles. The van der Waals surface area contributed by atoms with Gasteiger partial charge in [0.05, 0.1) is 0 Å². The second-order valence-electron chi connectivity index (χ2n) is 5.72. The summed E-state index contributed by atoms with van der Waals surface area (Å²) in [7, 11) is 0. The van der Waals surface area contributed by atoms with Crippen molar-refractivity contribution < 1.29 is 4.79 Å². The summed E-state index contributed by atoms with van der Waals surface area (Å²) in [4.78, 5) is 16.2. The third kappa shape index (κ3) is 3.91. The average Bonchev–Trinajstić information content (AvgIpc) is 3.05. The van der Waals surface area contributed by atoms with Gasteiger partial charge in [0.1, 0.15) is 6.04 Å². The van der Waals surface area contributed by atoms with Crippen molar-refractivity contribution in [1.29, 1.82) is 0 Å². The fourth-order valence-corrected chi connectivity index (χ4v) is 2.57. The molecule has 5 heteroatoms. The summed E-state index contributed by atoms with van der Waals surface area (Å²) in [6.45, 7) is 7.15. The summed E-state index contributed by atoms with van der Waals surface area (Å²) in [5.41, 5.74) is 0.273. The quantitative estimate of drug-likeness (QED) is 0.801. The third-order valence-electron chi connectivity index (χ3n) is 2.91. The molecule has 0 bridgehead atoms. The molecule has 96 valence electrons. The predicted molar refractivity (Wildman–Crippen MR) is 72.3 cm³/mol. The Labute approximate surface area is 107 Å². The highest BCUT2D eigenvalue weighted by atomic mass is 32.2. The average molecular weight is 255 g/mol. The number of amidine groups is 1. The molecule has 1 aliphatic heterocycles. The summed E-state index contributed by atoms with van der Waals surface area (Å²) in [6.07, 6.45) is 2.25. The van der Waals surface area contributed by atoms with E-state index in [1.54, 1.807) is 11.8 Å². The zero-order valence-electron chi connectivity index (χ0n) is 10.7. The van der Waals surface area contributed by atoms with Crippen molar-refractivity contribution in [2.75, 3.05) is 12.3 Å². The van der Waals surface area contributed by atoms with E-state index in [-0.39, 0.29) is 17.4 Å². The smallest absolute Gasteiger partial charge is 0.242 e. The van der Waals surface area contributed by atoms with Crippen LogP contribution < -0.4 is 10.6 Å². The van der Waals surface area contributed by atoms with Crippen molar-refractivity contribution >= 4 is 22.8 Å².